The van der Waals surface area contributed by atoms with Gasteiger partial charge in [0.25, 0.3) is 0 Å². The van der Waals surface area contributed by atoms with Crippen molar-refractivity contribution in [2.75, 3.05) is 20.1 Å². The Morgan fingerprint density at radius 3 is 2.83 bits per heavy atom. The van der Waals surface area contributed by atoms with Crippen molar-refractivity contribution in [3.63, 3.8) is 0 Å². The first-order valence-electron chi connectivity index (χ1n) is 10.6. The Morgan fingerprint density at radius 1 is 1.14 bits per heavy atom. The van der Waals surface area contributed by atoms with Gasteiger partial charge in [-0.3, -0.25) is 9.39 Å². The quantitative estimate of drug-likeness (QED) is 0.353. The molecule has 4 rings (SSSR count). The normalized spacial score (nSPS) is 16.8. The van der Waals surface area contributed by atoms with Crippen molar-refractivity contribution in [1.82, 2.24) is 25.2 Å². The van der Waals surface area contributed by atoms with Gasteiger partial charge in [-0.1, -0.05) is 31.4 Å². The number of fused-ring (bicyclic) bond motifs is 1. The van der Waals surface area contributed by atoms with Crippen molar-refractivity contribution >= 4 is 22.9 Å². The van der Waals surface area contributed by atoms with Gasteiger partial charge in [-0.05, 0) is 42.8 Å². The highest BCUT2D eigenvalue weighted by atomic mass is 32.1. The molecule has 6 nitrogen and oxygen atoms in total. The lowest BCUT2D eigenvalue weighted by molar-refractivity contribution is 0.296. The predicted molar refractivity (Wildman–Crippen MR) is 120 cm³/mol. The summed E-state index contributed by atoms with van der Waals surface area (Å²) in [6.07, 6.45) is 10.4. The van der Waals surface area contributed by atoms with E-state index in [0.29, 0.717) is 0 Å². The van der Waals surface area contributed by atoms with E-state index in [1.54, 1.807) is 0 Å². The van der Waals surface area contributed by atoms with Crippen LogP contribution in [0.2, 0.25) is 0 Å². The standard InChI is InChI=1S/C22H30N6S/c1-23-21(24-14-7-11-20-27-26-19-10-3-6-15-28(19)20)25-17-22(12-4-2-5-13-22)18-9-8-16-29-18/h3,6,8-10,15-16H,2,4-5,7,11-14,17H2,1H3,(H2,23,24,25). The second-order valence-electron chi connectivity index (χ2n) is 7.82. The molecule has 7 heteroatoms. The fraction of sp³-hybridized carbons (Fsp3) is 0.500. The van der Waals surface area contributed by atoms with E-state index >= 15 is 0 Å². The van der Waals surface area contributed by atoms with E-state index in [4.69, 9.17) is 0 Å². The van der Waals surface area contributed by atoms with Gasteiger partial charge in [0, 0.05) is 43.0 Å². The fourth-order valence-corrected chi connectivity index (χ4v) is 5.29. The molecule has 0 saturated heterocycles. The van der Waals surface area contributed by atoms with Crippen molar-refractivity contribution in [3.05, 3.63) is 52.6 Å². The Balaban J connectivity index is 1.28. The third-order valence-corrected chi connectivity index (χ3v) is 7.04. The Bertz CT molecular complexity index is 924. The van der Waals surface area contributed by atoms with Gasteiger partial charge < -0.3 is 10.6 Å². The molecule has 1 aliphatic carbocycles. The SMILES string of the molecule is CN=C(NCCCc1nnc2ccccn12)NCC1(c2cccs2)CCCCC1. The first-order valence-corrected chi connectivity index (χ1v) is 11.5. The van der Waals surface area contributed by atoms with Gasteiger partial charge in [0.2, 0.25) is 0 Å². The maximum Gasteiger partial charge on any atom is 0.191 e. The second-order valence-corrected chi connectivity index (χ2v) is 8.77. The molecule has 0 spiro atoms. The molecule has 0 unspecified atom stereocenters. The number of nitrogens with zero attached hydrogens (tertiary/aromatic N) is 4. The third-order valence-electron chi connectivity index (χ3n) is 5.93. The van der Waals surface area contributed by atoms with E-state index in [2.05, 4.69) is 47.7 Å². The molecule has 3 aromatic rings. The average molecular weight is 411 g/mol. The van der Waals surface area contributed by atoms with Gasteiger partial charge >= 0.3 is 0 Å². The molecule has 0 aromatic carbocycles. The summed E-state index contributed by atoms with van der Waals surface area (Å²) in [5.74, 6) is 1.89. The molecule has 0 amide bonds. The topological polar surface area (TPSA) is 66.6 Å². The smallest absolute Gasteiger partial charge is 0.191 e. The number of pyridine rings is 1. The van der Waals surface area contributed by atoms with Gasteiger partial charge in [0.05, 0.1) is 0 Å². The lowest BCUT2D eigenvalue weighted by atomic mass is 9.73. The first kappa shape index (κ1) is 19.9. The second kappa shape index (κ2) is 9.39. The minimum Gasteiger partial charge on any atom is -0.356 e. The zero-order valence-electron chi connectivity index (χ0n) is 17.1. The zero-order chi connectivity index (χ0) is 19.9. The van der Waals surface area contributed by atoms with Crippen LogP contribution in [0.15, 0.2) is 46.9 Å². The summed E-state index contributed by atoms with van der Waals surface area (Å²) in [6.45, 7) is 1.80. The van der Waals surface area contributed by atoms with Crippen LogP contribution in [0.1, 0.15) is 49.2 Å². The number of hydrogen-bond acceptors (Lipinski definition) is 4. The van der Waals surface area contributed by atoms with E-state index in [0.717, 1.165) is 43.4 Å². The van der Waals surface area contributed by atoms with Crippen molar-refractivity contribution in [2.45, 2.75) is 50.4 Å². The summed E-state index contributed by atoms with van der Waals surface area (Å²) in [6, 6.07) is 10.5. The van der Waals surface area contributed by atoms with E-state index in [1.807, 2.05) is 42.8 Å². The Hall–Kier alpha value is -2.41. The molecular weight excluding hydrogens is 380 g/mol. The first-order chi connectivity index (χ1) is 14.3. The molecule has 0 bridgehead atoms. The summed E-state index contributed by atoms with van der Waals surface area (Å²) in [5.41, 5.74) is 1.16. The highest BCUT2D eigenvalue weighted by molar-refractivity contribution is 7.10. The highest BCUT2D eigenvalue weighted by Gasteiger charge is 2.34. The summed E-state index contributed by atoms with van der Waals surface area (Å²) in [4.78, 5) is 5.95. The van der Waals surface area contributed by atoms with Gasteiger partial charge in [-0.15, -0.1) is 21.5 Å². The van der Waals surface area contributed by atoms with E-state index < -0.39 is 0 Å². The van der Waals surface area contributed by atoms with E-state index in [-0.39, 0.29) is 5.41 Å². The number of rotatable bonds is 7. The number of aromatic nitrogens is 3. The van der Waals surface area contributed by atoms with Crippen LogP contribution in [0.5, 0.6) is 0 Å². The number of hydrogen-bond donors (Lipinski definition) is 2. The average Bonchev–Trinajstić information content (AvgIpc) is 3.45. The molecule has 29 heavy (non-hydrogen) atoms. The molecule has 1 fully saturated rings. The third kappa shape index (κ3) is 4.61. The number of guanidine groups is 1. The Morgan fingerprint density at radius 2 is 2.03 bits per heavy atom. The molecule has 0 radical (unpaired) electrons. The molecule has 3 aromatic heterocycles. The number of aryl methyl sites for hydroxylation is 1. The fourth-order valence-electron chi connectivity index (χ4n) is 4.31. The van der Waals surface area contributed by atoms with Crippen molar-refractivity contribution < 1.29 is 0 Å². The molecule has 1 aliphatic rings. The van der Waals surface area contributed by atoms with Crippen LogP contribution in [0.3, 0.4) is 0 Å². The summed E-state index contributed by atoms with van der Waals surface area (Å²) in [5, 5.41) is 17.8. The van der Waals surface area contributed by atoms with Crippen molar-refractivity contribution in [2.24, 2.45) is 4.99 Å². The minimum atomic E-state index is 0.254. The summed E-state index contributed by atoms with van der Waals surface area (Å²) < 4.78 is 2.06. The molecule has 1 saturated carbocycles. The largest absolute Gasteiger partial charge is 0.356 e. The van der Waals surface area contributed by atoms with Crippen LogP contribution in [0.4, 0.5) is 0 Å². The minimum absolute atomic E-state index is 0.254. The number of nitrogens with one attached hydrogen (secondary N) is 2. The van der Waals surface area contributed by atoms with Crippen LogP contribution in [0.25, 0.3) is 5.65 Å². The van der Waals surface area contributed by atoms with Gasteiger partial charge in [-0.2, -0.15) is 0 Å². The number of thiophene rings is 1. The monoisotopic (exact) mass is 410 g/mol. The maximum absolute atomic E-state index is 4.43. The molecule has 3 heterocycles. The molecule has 154 valence electrons. The van der Waals surface area contributed by atoms with Crippen LogP contribution in [-0.2, 0) is 11.8 Å². The van der Waals surface area contributed by atoms with E-state index in [9.17, 15) is 0 Å². The van der Waals surface area contributed by atoms with Crippen molar-refractivity contribution in [3.8, 4) is 0 Å². The molecule has 2 N–H and O–H groups in total. The lowest BCUT2D eigenvalue weighted by Gasteiger charge is -2.37. The molecule has 0 aliphatic heterocycles. The number of aliphatic imine (C=N–C) groups is 1. The van der Waals surface area contributed by atoms with E-state index in [1.165, 1.54) is 37.0 Å². The lowest BCUT2D eigenvalue weighted by Crippen LogP contribution is -2.46. The van der Waals surface area contributed by atoms with Crippen molar-refractivity contribution in [1.29, 1.82) is 0 Å². The Labute approximate surface area is 176 Å². The maximum atomic E-state index is 4.43. The van der Waals surface area contributed by atoms with Crippen LogP contribution < -0.4 is 10.6 Å². The highest BCUT2D eigenvalue weighted by Crippen LogP contribution is 2.41. The predicted octanol–water partition coefficient (Wildman–Crippen LogP) is 3.79. The van der Waals surface area contributed by atoms with Gasteiger partial charge in [0.15, 0.2) is 11.6 Å². The zero-order valence-corrected chi connectivity index (χ0v) is 17.9. The molecular formula is C22H30N6S. The van der Waals surface area contributed by atoms with Gasteiger partial charge in [0.1, 0.15) is 5.82 Å². The van der Waals surface area contributed by atoms with Crippen LogP contribution >= 0.6 is 11.3 Å². The summed E-state index contributed by atoms with van der Waals surface area (Å²) >= 11 is 1.89. The van der Waals surface area contributed by atoms with Crippen LogP contribution in [0, 0.1) is 0 Å². The molecule has 0 atom stereocenters. The van der Waals surface area contributed by atoms with Crippen LogP contribution in [-0.4, -0.2) is 40.7 Å². The van der Waals surface area contributed by atoms with Gasteiger partial charge in [-0.25, -0.2) is 0 Å². The summed E-state index contributed by atoms with van der Waals surface area (Å²) in [7, 11) is 1.85. The Kier molecular flexibility index (Phi) is 6.44.